The third kappa shape index (κ3) is 4.57. The zero-order valence-electron chi connectivity index (χ0n) is 15.7. The normalized spacial score (nSPS) is 12.3. The van der Waals surface area contributed by atoms with Crippen LogP contribution >= 0.6 is 0 Å². The summed E-state index contributed by atoms with van der Waals surface area (Å²) in [4.78, 5) is 23.2. The van der Waals surface area contributed by atoms with Gasteiger partial charge in [-0.2, -0.15) is 0 Å². The molecule has 0 saturated carbocycles. The SMILES string of the molecule is Cc1ccc(S(=O)(=O)[C@@H](CC(=O)c2ccccc2)c2ccc([N+](=O)[O-])cc2)cc1. The number of hydrogen-bond donors (Lipinski definition) is 0. The molecule has 3 rings (SSSR count). The molecule has 7 heteroatoms. The summed E-state index contributed by atoms with van der Waals surface area (Å²) in [6.45, 7) is 1.85. The maximum absolute atomic E-state index is 13.3. The average molecular weight is 409 g/mol. The molecule has 3 aromatic rings. The number of nitrogens with zero attached hydrogens (tertiary/aromatic N) is 1. The third-order valence-corrected chi connectivity index (χ3v) is 6.78. The molecule has 0 aliphatic rings. The summed E-state index contributed by atoms with van der Waals surface area (Å²) < 4.78 is 26.7. The molecular formula is C22H19NO5S. The van der Waals surface area contributed by atoms with E-state index in [2.05, 4.69) is 0 Å². The lowest BCUT2D eigenvalue weighted by Gasteiger charge is -2.18. The smallest absolute Gasteiger partial charge is 0.269 e. The molecule has 0 aliphatic heterocycles. The van der Waals surface area contributed by atoms with Crippen molar-refractivity contribution in [2.24, 2.45) is 0 Å². The van der Waals surface area contributed by atoms with Gasteiger partial charge in [0.1, 0.15) is 0 Å². The van der Waals surface area contributed by atoms with Gasteiger partial charge in [0.25, 0.3) is 5.69 Å². The topological polar surface area (TPSA) is 94.3 Å². The molecule has 148 valence electrons. The Hall–Kier alpha value is -3.32. The zero-order chi connectivity index (χ0) is 21.0. The van der Waals surface area contributed by atoms with Gasteiger partial charge in [-0.1, -0.05) is 60.2 Å². The third-order valence-electron chi connectivity index (χ3n) is 4.67. The van der Waals surface area contributed by atoms with Gasteiger partial charge in [-0.05, 0) is 24.6 Å². The van der Waals surface area contributed by atoms with Gasteiger partial charge in [0.05, 0.1) is 15.1 Å². The van der Waals surface area contributed by atoms with Crippen LogP contribution in [-0.2, 0) is 9.84 Å². The van der Waals surface area contributed by atoms with Gasteiger partial charge in [0.15, 0.2) is 15.6 Å². The summed E-state index contributed by atoms with van der Waals surface area (Å²) in [5.74, 6) is -0.315. The predicted octanol–water partition coefficient (Wildman–Crippen LogP) is 4.69. The van der Waals surface area contributed by atoms with Crippen LogP contribution in [0.25, 0.3) is 0 Å². The molecule has 0 heterocycles. The monoisotopic (exact) mass is 409 g/mol. The van der Waals surface area contributed by atoms with Crippen molar-refractivity contribution in [1.29, 1.82) is 0 Å². The Morgan fingerprint density at radius 3 is 2.07 bits per heavy atom. The van der Waals surface area contributed by atoms with E-state index >= 15 is 0 Å². The number of ketones is 1. The van der Waals surface area contributed by atoms with Crippen LogP contribution in [0.2, 0.25) is 0 Å². The maximum atomic E-state index is 13.3. The first-order valence-corrected chi connectivity index (χ1v) is 10.5. The van der Waals surface area contributed by atoms with Crippen LogP contribution in [0.1, 0.15) is 33.2 Å². The minimum atomic E-state index is -3.90. The van der Waals surface area contributed by atoms with Crippen molar-refractivity contribution < 1.29 is 18.1 Å². The van der Waals surface area contributed by atoms with Crippen LogP contribution in [0, 0.1) is 17.0 Å². The van der Waals surface area contributed by atoms with Crippen molar-refractivity contribution in [3.63, 3.8) is 0 Å². The number of aryl methyl sites for hydroxylation is 1. The summed E-state index contributed by atoms with van der Waals surface area (Å²) >= 11 is 0. The molecule has 3 aromatic carbocycles. The highest BCUT2D eigenvalue weighted by molar-refractivity contribution is 7.91. The fourth-order valence-electron chi connectivity index (χ4n) is 3.02. The van der Waals surface area contributed by atoms with E-state index in [4.69, 9.17) is 0 Å². The van der Waals surface area contributed by atoms with Gasteiger partial charge in [0.2, 0.25) is 0 Å². The molecule has 0 aliphatic carbocycles. The van der Waals surface area contributed by atoms with Crippen molar-refractivity contribution in [2.45, 2.75) is 23.5 Å². The number of carbonyl (C=O) groups is 1. The Kier molecular flexibility index (Phi) is 5.89. The minimum Gasteiger partial charge on any atom is -0.294 e. The summed E-state index contributed by atoms with van der Waals surface area (Å²) in [6, 6.07) is 20.2. The Labute approximate surface area is 168 Å². The van der Waals surface area contributed by atoms with Crippen LogP contribution in [0.5, 0.6) is 0 Å². The molecule has 0 radical (unpaired) electrons. The zero-order valence-corrected chi connectivity index (χ0v) is 16.5. The molecular weight excluding hydrogens is 390 g/mol. The molecule has 29 heavy (non-hydrogen) atoms. The van der Waals surface area contributed by atoms with E-state index in [-0.39, 0.29) is 22.8 Å². The Morgan fingerprint density at radius 1 is 0.931 bits per heavy atom. The first-order chi connectivity index (χ1) is 13.8. The standard InChI is InChI=1S/C22H19NO5S/c1-16-7-13-20(14-8-16)29(27,28)22(15-21(24)17-5-3-2-4-6-17)18-9-11-19(12-10-18)23(25)26/h2-14,22H,15H2,1H3/t22-/m0/s1. The van der Waals surface area contributed by atoms with Crippen LogP contribution in [-0.4, -0.2) is 19.1 Å². The minimum absolute atomic E-state index is 0.104. The highest BCUT2D eigenvalue weighted by Gasteiger charge is 2.32. The summed E-state index contributed by atoms with van der Waals surface area (Å²) in [6.07, 6.45) is -0.266. The second-order valence-corrected chi connectivity index (χ2v) is 8.82. The highest BCUT2D eigenvalue weighted by atomic mass is 32.2. The Morgan fingerprint density at radius 2 is 1.52 bits per heavy atom. The second-order valence-electron chi connectivity index (χ2n) is 6.69. The van der Waals surface area contributed by atoms with Gasteiger partial charge in [-0.15, -0.1) is 0 Å². The average Bonchev–Trinajstić information content (AvgIpc) is 2.72. The molecule has 1 atom stereocenters. The van der Waals surface area contributed by atoms with Gasteiger partial charge in [-0.3, -0.25) is 14.9 Å². The van der Waals surface area contributed by atoms with Gasteiger partial charge in [-0.25, -0.2) is 8.42 Å². The lowest BCUT2D eigenvalue weighted by Crippen LogP contribution is -2.18. The van der Waals surface area contributed by atoms with Crippen molar-refractivity contribution in [1.82, 2.24) is 0 Å². The van der Waals surface area contributed by atoms with Crippen LogP contribution in [0.15, 0.2) is 83.8 Å². The van der Waals surface area contributed by atoms with Gasteiger partial charge in [0, 0.05) is 24.1 Å². The van der Waals surface area contributed by atoms with Crippen LogP contribution < -0.4 is 0 Å². The van der Waals surface area contributed by atoms with E-state index in [1.54, 1.807) is 42.5 Å². The fraction of sp³-hybridized carbons (Fsp3) is 0.136. The predicted molar refractivity (Wildman–Crippen MR) is 110 cm³/mol. The highest BCUT2D eigenvalue weighted by Crippen LogP contribution is 2.34. The molecule has 6 nitrogen and oxygen atoms in total. The second kappa shape index (κ2) is 8.36. The van der Waals surface area contributed by atoms with Crippen molar-refractivity contribution >= 4 is 21.3 Å². The lowest BCUT2D eigenvalue weighted by atomic mass is 10.0. The summed E-state index contributed by atoms with van der Waals surface area (Å²) in [5.41, 5.74) is 1.52. The first kappa shape index (κ1) is 20.4. The van der Waals surface area contributed by atoms with Gasteiger partial charge >= 0.3 is 0 Å². The van der Waals surface area contributed by atoms with E-state index in [1.807, 2.05) is 6.92 Å². The largest absolute Gasteiger partial charge is 0.294 e. The van der Waals surface area contributed by atoms with E-state index in [0.29, 0.717) is 11.1 Å². The van der Waals surface area contributed by atoms with Crippen molar-refractivity contribution in [3.05, 3.63) is 106 Å². The van der Waals surface area contributed by atoms with Gasteiger partial charge < -0.3 is 0 Å². The van der Waals surface area contributed by atoms with E-state index in [9.17, 15) is 23.3 Å². The van der Waals surface area contributed by atoms with Crippen LogP contribution in [0.4, 0.5) is 5.69 Å². The van der Waals surface area contributed by atoms with Crippen molar-refractivity contribution in [2.75, 3.05) is 0 Å². The quantitative estimate of drug-likeness (QED) is 0.320. The summed E-state index contributed by atoms with van der Waals surface area (Å²) in [7, 11) is -3.90. The van der Waals surface area contributed by atoms with E-state index in [1.165, 1.54) is 36.4 Å². The lowest BCUT2D eigenvalue weighted by molar-refractivity contribution is -0.384. The summed E-state index contributed by atoms with van der Waals surface area (Å²) in [5, 5.41) is 9.77. The number of carbonyl (C=O) groups excluding carboxylic acids is 1. The number of nitro groups is 1. The van der Waals surface area contributed by atoms with Crippen LogP contribution in [0.3, 0.4) is 0 Å². The Bertz CT molecular complexity index is 1120. The van der Waals surface area contributed by atoms with E-state index in [0.717, 1.165) is 5.56 Å². The molecule has 0 spiro atoms. The number of rotatable bonds is 7. The molecule has 0 saturated heterocycles. The number of sulfone groups is 1. The number of non-ortho nitro benzene ring substituents is 1. The maximum Gasteiger partial charge on any atom is 0.269 e. The molecule has 0 unspecified atom stereocenters. The molecule has 0 aromatic heterocycles. The molecule has 0 N–H and O–H groups in total. The number of benzene rings is 3. The number of nitro benzene ring substituents is 1. The molecule has 0 fully saturated rings. The number of hydrogen-bond acceptors (Lipinski definition) is 5. The molecule has 0 amide bonds. The first-order valence-electron chi connectivity index (χ1n) is 8.92. The van der Waals surface area contributed by atoms with E-state index < -0.39 is 20.0 Å². The number of Topliss-reactive ketones (excluding diaryl/α,β-unsaturated/α-hetero) is 1. The Balaban J connectivity index is 2.04. The molecule has 0 bridgehead atoms. The van der Waals surface area contributed by atoms with Crippen molar-refractivity contribution in [3.8, 4) is 0 Å². The fourth-order valence-corrected chi connectivity index (χ4v) is 4.75.